The number of allylic oxidation sites excluding steroid dienone is 1. The summed E-state index contributed by atoms with van der Waals surface area (Å²) in [6.07, 6.45) is 3.77. The summed E-state index contributed by atoms with van der Waals surface area (Å²) in [5, 5.41) is 11.9. The van der Waals surface area contributed by atoms with Crippen LogP contribution in [-0.4, -0.2) is 27.6 Å². The number of hydrogen-bond acceptors (Lipinski definition) is 2. The van der Waals surface area contributed by atoms with Crippen molar-refractivity contribution < 1.29 is 14.7 Å². The van der Waals surface area contributed by atoms with Crippen LogP contribution in [0.1, 0.15) is 53.6 Å². The van der Waals surface area contributed by atoms with E-state index >= 15 is 0 Å². The SMILES string of the molecule is C/C=C/CC(NC(=O)c1cc(C)n(C(C)c2ccccc2)c1C)C(=O)O. The van der Waals surface area contributed by atoms with E-state index in [1.165, 1.54) is 0 Å². The van der Waals surface area contributed by atoms with Gasteiger partial charge in [0.05, 0.1) is 11.6 Å². The normalized spacial score (nSPS) is 13.5. The van der Waals surface area contributed by atoms with Crippen LogP contribution in [0, 0.1) is 13.8 Å². The van der Waals surface area contributed by atoms with E-state index in [1.807, 2.05) is 45.0 Å². The second-order valence-electron chi connectivity index (χ2n) is 6.41. The van der Waals surface area contributed by atoms with E-state index in [9.17, 15) is 14.7 Å². The molecule has 0 radical (unpaired) electrons. The lowest BCUT2D eigenvalue weighted by atomic mass is 10.1. The average Bonchev–Trinajstić information content (AvgIpc) is 2.92. The summed E-state index contributed by atoms with van der Waals surface area (Å²) >= 11 is 0. The molecule has 2 N–H and O–H groups in total. The fourth-order valence-corrected chi connectivity index (χ4v) is 3.21. The molecule has 2 atom stereocenters. The van der Waals surface area contributed by atoms with Crippen molar-refractivity contribution in [3.63, 3.8) is 0 Å². The lowest BCUT2D eigenvalue weighted by Crippen LogP contribution is -2.40. The number of nitrogens with one attached hydrogen (secondary N) is 1. The minimum atomic E-state index is -1.04. The molecule has 2 aromatic rings. The molecule has 138 valence electrons. The standard InChI is InChI=1S/C21H26N2O3/c1-5-6-12-19(21(25)26)22-20(24)18-13-14(2)23(16(18)4)15(3)17-10-8-7-9-11-17/h5-11,13,15,19H,12H2,1-4H3,(H,22,24)(H,25,26)/b6-5+. The molecule has 0 fully saturated rings. The molecule has 0 saturated heterocycles. The molecule has 1 heterocycles. The molecule has 0 aliphatic rings. The summed E-state index contributed by atoms with van der Waals surface area (Å²) in [7, 11) is 0. The summed E-state index contributed by atoms with van der Waals surface area (Å²) in [5.74, 6) is -1.40. The molecule has 26 heavy (non-hydrogen) atoms. The maximum absolute atomic E-state index is 12.7. The Morgan fingerprint density at radius 1 is 1.23 bits per heavy atom. The topological polar surface area (TPSA) is 71.3 Å². The number of aryl methyl sites for hydroxylation is 1. The highest BCUT2D eigenvalue weighted by Gasteiger charge is 2.23. The van der Waals surface area contributed by atoms with Crippen LogP contribution >= 0.6 is 0 Å². The summed E-state index contributed by atoms with van der Waals surface area (Å²) in [5.41, 5.74) is 3.45. The number of carbonyl (C=O) groups is 2. The van der Waals surface area contributed by atoms with Gasteiger partial charge in [-0.05, 0) is 45.7 Å². The lowest BCUT2D eigenvalue weighted by molar-refractivity contribution is -0.139. The Bertz CT molecular complexity index is 806. The first kappa shape index (κ1) is 19.5. The fraction of sp³-hybridized carbons (Fsp3) is 0.333. The van der Waals surface area contributed by atoms with Crippen molar-refractivity contribution >= 4 is 11.9 Å². The molecule has 1 aromatic heterocycles. The van der Waals surface area contributed by atoms with E-state index in [0.717, 1.165) is 17.0 Å². The molecule has 0 aliphatic carbocycles. The van der Waals surface area contributed by atoms with Crippen LogP contribution in [0.25, 0.3) is 0 Å². The number of benzene rings is 1. The highest BCUT2D eigenvalue weighted by atomic mass is 16.4. The Morgan fingerprint density at radius 2 is 1.88 bits per heavy atom. The Kier molecular flexibility index (Phi) is 6.39. The van der Waals surface area contributed by atoms with Gasteiger partial charge >= 0.3 is 5.97 Å². The second-order valence-corrected chi connectivity index (χ2v) is 6.41. The van der Waals surface area contributed by atoms with E-state index < -0.39 is 12.0 Å². The van der Waals surface area contributed by atoms with E-state index in [0.29, 0.717) is 5.56 Å². The summed E-state index contributed by atoms with van der Waals surface area (Å²) in [4.78, 5) is 24.0. The largest absolute Gasteiger partial charge is 0.480 e. The first-order valence-electron chi connectivity index (χ1n) is 8.75. The number of carboxylic acid groups (broad SMARTS) is 1. The summed E-state index contributed by atoms with van der Waals surface area (Å²) in [6.45, 7) is 7.75. The zero-order valence-electron chi connectivity index (χ0n) is 15.7. The number of aliphatic carboxylic acids is 1. The van der Waals surface area contributed by atoms with Crippen LogP contribution in [0.15, 0.2) is 48.6 Å². The highest BCUT2D eigenvalue weighted by molar-refractivity contribution is 5.98. The molecule has 0 aliphatic heterocycles. The highest BCUT2D eigenvalue weighted by Crippen LogP contribution is 2.25. The van der Waals surface area contributed by atoms with E-state index in [-0.39, 0.29) is 18.4 Å². The number of aromatic nitrogens is 1. The number of amides is 1. The van der Waals surface area contributed by atoms with Crippen LogP contribution in [0.5, 0.6) is 0 Å². The Labute approximate surface area is 154 Å². The van der Waals surface area contributed by atoms with E-state index in [1.54, 1.807) is 12.2 Å². The van der Waals surface area contributed by atoms with Gasteiger partial charge in [0.2, 0.25) is 0 Å². The van der Waals surface area contributed by atoms with Gasteiger partial charge in [0, 0.05) is 11.4 Å². The van der Waals surface area contributed by atoms with Gasteiger partial charge < -0.3 is 15.0 Å². The molecule has 5 heteroatoms. The van der Waals surface area contributed by atoms with Crippen LogP contribution < -0.4 is 5.32 Å². The molecule has 0 spiro atoms. The zero-order chi connectivity index (χ0) is 19.3. The maximum Gasteiger partial charge on any atom is 0.326 e. The number of rotatable bonds is 7. The molecule has 2 unspecified atom stereocenters. The molecule has 5 nitrogen and oxygen atoms in total. The minimum Gasteiger partial charge on any atom is -0.480 e. The van der Waals surface area contributed by atoms with Gasteiger partial charge in [-0.25, -0.2) is 4.79 Å². The maximum atomic E-state index is 12.7. The fourth-order valence-electron chi connectivity index (χ4n) is 3.21. The second kappa shape index (κ2) is 8.52. The predicted octanol–water partition coefficient (Wildman–Crippen LogP) is 3.86. The summed E-state index contributed by atoms with van der Waals surface area (Å²) in [6, 6.07) is 11.0. The van der Waals surface area contributed by atoms with Crippen LogP contribution in [0.3, 0.4) is 0 Å². The quantitative estimate of drug-likeness (QED) is 0.742. The van der Waals surface area contributed by atoms with Crippen molar-refractivity contribution in [2.75, 3.05) is 0 Å². The van der Waals surface area contributed by atoms with Crippen LogP contribution in [-0.2, 0) is 4.79 Å². The monoisotopic (exact) mass is 354 g/mol. The first-order valence-corrected chi connectivity index (χ1v) is 8.75. The number of hydrogen-bond donors (Lipinski definition) is 2. The van der Waals surface area contributed by atoms with Crippen LogP contribution in [0.4, 0.5) is 0 Å². The Hall–Kier alpha value is -2.82. The molecule has 0 bridgehead atoms. The van der Waals surface area contributed by atoms with Gasteiger partial charge in [0.25, 0.3) is 5.91 Å². The summed E-state index contributed by atoms with van der Waals surface area (Å²) < 4.78 is 2.10. The third kappa shape index (κ3) is 4.23. The van der Waals surface area contributed by atoms with Crippen molar-refractivity contribution in [2.24, 2.45) is 0 Å². The molecular weight excluding hydrogens is 328 g/mol. The third-order valence-electron chi connectivity index (χ3n) is 4.61. The zero-order valence-corrected chi connectivity index (χ0v) is 15.7. The lowest BCUT2D eigenvalue weighted by Gasteiger charge is -2.19. The minimum absolute atomic E-state index is 0.0797. The Balaban J connectivity index is 2.28. The predicted molar refractivity (Wildman–Crippen MR) is 102 cm³/mol. The molecule has 0 saturated carbocycles. The van der Waals surface area contributed by atoms with Crippen molar-refractivity contribution in [1.29, 1.82) is 0 Å². The van der Waals surface area contributed by atoms with Gasteiger partial charge in [-0.15, -0.1) is 0 Å². The van der Waals surface area contributed by atoms with Crippen molar-refractivity contribution in [2.45, 2.75) is 46.2 Å². The molecule has 2 rings (SSSR count). The third-order valence-corrected chi connectivity index (χ3v) is 4.61. The molecular formula is C21H26N2O3. The van der Waals surface area contributed by atoms with Gasteiger partial charge in [0.1, 0.15) is 6.04 Å². The van der Waals surface area contributed by atoms with Crippen LogP contribution in [0.2, 0.25) is 0 Å². The van der Waals surface area contributed by atoms with Crippen molar-refractivity contribution in [1.82, 2.24) is 9.88 Å². The smallest absolute Gasteiger partial charge is 0.326 e. The van der Waals surface area contributed by atoms with Crippen molar-refractivity contribution in [3.8, 4) is 0 Å². The average molecular weight is 354 g/mol. The van der Waals surface area contributed by atoms with Gasteiger partial charge in [-0.3, -0.25) is 4.79 Å². The number of nitrogens with zero attached hydrogens (tertiary/aromatic N) is 1. The van der Waals surface area contributed by atoms with E-state index in [4.69, 9.17) is 0 Å². The van der Waals surface area contributed by atoms with Gasteiger partial charge in [0.15, 0.2) is 0 Å². The first-order chi connectivity index (χ1) is 12.4. The number of carbonyl (C=O) groups excluding carboxylic acids is 1. The molecule has 1 aromatic carbocycles. The van der Waals surface area contributed by atoms with E-state index in [2.05, 4.69) is 28.9 Å². The molecule has 1 amide bonds. The number of carboxylic acids is 1. The van der Waals surface area contributed by atoms with Crippen molar-refractivity contribution in [3.05, 3.63) is 71.1 Å². The van der Waals surface area contributed by atoms with Gasteiger partial charge in [-0.1, -0.05) is 42.5 Å². The Morgan fingerprint density at radius 3 is 2.46 bits per heavy atom. The van der Waals surface area contributed by atoms with Gasteiger partial charge in [-0.2, -0.15) is 0 Å².